The minimum atomic E-state index is -0.453. The number of ketones is 1. The first kappa shape index (κ1) is 11.6. The Morgan fingerprint density at radius 3 is 2.56 bits per heavy atom. The Hall–Kier alpha value is -0.890. The normalized spacial score (nSPS) is 39.6. The average molecular weight is 220 g/mol. The highest BCUT2D eigenvalue weighted by Gasteiger charge is 2.48. The van der Waals surface area contributed by atoms with E-state index in [0.717, 1.165) is 18.4 Å². The number of carbonyl (C=O) groups is 1. The number of carbonyl (C=O) groups excluding carboxylic acids is 1. The highest BCUT2D eigenvalue weighted by atomic mass is 16.3. The number of fused-ring (bicyclic) bond motifs is 1. The van der Waals surface area contributed by atoms with Crippen LogP contribution in [0.15, 0.2) is 22.8 Å². The third kappa shape index (κ3) is 1.47. The summed E-state index contributed by atoms with van der Waals surface area (Å²) >= 11 is 0. The molecular formula is C14H20O2. The van der Waals surface area contributed by atoms with Crippen molar-refractivity contribution in [1.82, 2.24) is 0 Å². The summed E-state index contributed by atoms with van der Waals surface area (Å²) in [5.74, 6) is 0.251. The summed E-state index contributed by atoms with van der Waals surface area (Å²) in [6, 6.07) is 0. The third-order valence-electron chi connectivity index (χ3n) is 4.47. The van der Waals surface area contributed by atoms with Crippen molar-refractivity contribution in [1.29, 1.82) is 0 Å². The Kier molecular flexibility index (Phi) is 2.58. The van der Waals surface area contributed by atoms with Crippen LogP contribution in [0.25, 0.3) is 0 Å². The van der Waals surface area contributed by atoms with E-state index in [4.69, 9.17) is 0 Å². The lowest BCUT2D eigenvalue weighted by Gasteiger charge is -2.45. The van der Waals surface area contributed by atoms with Crippen molar-refractivity contribution in [2.75, 3.05) is 0 Å². The van der Waals surface area contributed by atoms with E-state index in [9.17, 15) is 9.90 Å². The molecule has 0 saturated carbocycles. The van der Waals surface area contributed by atoms with Gasteiger partial charge in [-0.25, -0.2) is 0 Å². The lowest BCUT2D eigenvalue weighted by Crippen LogP contribution is -2.47. The summed E-state index contributed by atoms with van der Waals surface area (Å²) in [5, 5.41) is 10.2. The zero-order valence-electron chi connectivity index (χ0n) is 10.5. The van der Waals surface area contributed by atoms with Crippen LogP contribution in [0.4, 0.5) is 0 Å². The molecule has 0 spiro atoms. The van der Waals surface area contributed by atoms with Crippen molar-refractivity contribution in [2.24, 2.45) is 11.3 Å². The fourth-order valence-corrected chi connectivity index (χ4v) is 3.07. The van der Waals surface area contributed by atoms with Gasteiger partial charge < -0.3 is 5.11 Å². The van der Waals surface area contributed by atoms with Crippen LogP contribution >= 0.6 is 0 Å². The molecule has 1 N–H and O–H groups in total. The monoisotopic (exact) mass is 220 g/mol. The van der Waals surface area contributed by atoms with Crippen LogP contribution in [-0.2, 0) is 4.79 Å². The Labute approximate surface area is 97.0 Å². The van der Waals surface area contributed by atoms with Gasteiger partial charge in [0.1, 0.15) is 0 Å². The van der Waals surface area contributed by atoms with Gasteiger partial charge in [-0.05, 0) is 45.3 Å². The predicted molar refractivity (Wildman–Crippen MR) is 64.0 cm³/mol. The van der Waals surface area contributed by atoms with E-state index in [1.54, 1.807) is 6.08 Å². The second-order valence-corrected chi connectivity index (χ2v) is 5.66. The molecule has 3 atom stereocenters. The van der Waals surface area contributed by atoms with Gasteiger partial charge in [0.2, 0.25) is 0 Å². The Morgan fingerprint density at radius 1 is 1.31 bits per heavy atom. The quantitative estimate of drug-likeness (QED) is 0.637. The lowest BCUT2D eigenvalue weighted by atomic mass is 9.58. The van der Waals surface area contributed by atoms with Crippen molar-refractivity contribution in [3.63, 3.8) is 0 Å². The van der Waals surface area contributed by atoms with E-state index in [1.165, 1.54) is 11.1 Å². The zero-order valence-corrected chi connectivity index (χ0v) is 10.5. The molecule has 0 aromatic rings. The second kappa shape index (κ2) is 3.56. The van der Waals surface area contributed by atoms with Crippen LogP contribution in [0.3, 0.4) is 0 Å². The molecule has 2 nitrogen and oxygen atoms in total. The van der Waals surface area contributed by atoms with Crippen LogP contribution in [0, 0.1) is 11.3 Å². The zero-order chi connectivity index (χ0) is 12.1. The molecule has 0 heterocycles. The number of allylic oxidation sites excluding steroid dienone is 3. The minimum absolute atomic E-state index is 0.0636. The standard InChI is InChI=1S/C14H20O2/c1-8-5-11-13(16)9(2)6-12(15)14(11,4)7-10(8)3/h6,11,13,16H,5,7H2,1-4H3/t11-,13?,14+/m1/s1. The van der Waals surface area contributed by atoms with Gasteiger partial charge in [-0.15, -0.1) is 0 Å². The van der Waals surface area contributed by atoms with Gasteiger partial charge in [-0.2, -0.15) is 0 Å². The highest BCUT2D eigenvalue weighted by molar-refractivity contribution is 5.97. The number of hydrogen-bond acceptors (Lipinski definition) is 2. The molecule has 2 rings (SSSR count). The molecule has 0 amide bonds. The van der Waals surface area contributed by atoms with Gasteiger partial charge in [-0.1, -0.05) is 18.1 Å². The maximum atomic E-state index is 12.1. The van der Waals surface area contributed by atoms with Crippen LogP contribution in [0.1, 0.15) is 40.5 Å². The fraction of sp³-hybridized carbons (Fsp3) is 0.643. The topological polar surface area (TPSA) is 37.3 Å². The number of aliphatic hydroxyl groups is 1. The van der Waals surface area contributed by atoms with Crippen LogP contribution in [0.2, 0.25) is 0 Å². The minimum Gasteiger partial charge on any atom is -0.388 e. The second-order valence-electron chi connectivity index (χ2n) is 5.66. The summed E-state index contributed by atoms with van der Waals surface area (Å²) < 4.78 is 0. The summed E-state index contributed by atoms with van der Waals surface area (Å²) in [4.78, 5) is 12.1. The van der Waals surface area contributed by atoms with Crippen molar-refractivity contribution in [3.8, 4) is 0 Å². The molecule has 0 aromatic heterocycles. The molecular weight excluding hydrogens is 200 g/mol. The molecule has 2 heteroatoms. The van der Waals surface area contributed by atoms with Crippen LogP contribution in [-0.4, -0.2) is 17.0 Å². The molecule has 0 aromatic carbocycles. The highest BCUT2D eigenvalue weighted by Crippen LogP contribution is 2.49. The smallest absolute Gasteiger partial charge is 0.162 e. The van der Waals surface area contributed by atoms with E-state index in [-0.39, 0.29) is 17.1 Å². The van der Waals surface area contributed by atoms with Crippen LogP contribution in [0.5, 0.6) is 0 Å². The average Bonchev–Trinajstić information content (AvgIpc) is 2.20. The van der Waals surface area contributed by atoms with Gasteiger partial charge in [0, 0.05) is 11.3 Å². The number of hydrogen-bond donors (Lipinski definition) is 1. The van der Waals surface area contributed by atoms with E-state index in [1.807, 2.05) is 13.8 Å². The molecule has 2 aliphatic carbocycles. The summed E-state index contributed by atoms with van der Waals surface area (Å²) in [5.41, 5.74) is 3.08. The first-order chi connectivity index (χ1) is 7.36. The van der Waals surface area contributed by atoms with Gasteiger partial charge in [0.05, 0.1) is 6.10 Å². The predicted octanol–water partition coefficient (Wildman–Crippen LogP) is 2.63. The molecule has 0 bridgehead atoms. The molecule has 16 heavy (non-hydrogen) atoms. The SMILES string of the molecule is CC1=CC(=O)[C@@]2(C)CC(C)=C(C)C[C@@H]2C1O. The largest absolute Gasteiger partial charge is 0.388 e. The Balaban J connectivity index is 2.47. The van der Waals surface area contributed by atoms with Crippen molar-refractivity contribution >= 4 is 5.78 Å². The molecule has 0 saturated heterocycles. The summed E-state index contributed by atoms with van der Waals surface area (Å²) in [6.07, 6.45) is 2.82. The molecule has 1 unspecified atom stereocenters. The van der Waals surface area contributed by atoms with E-state index in [0.29, 0.717) is 0 Å². The van der Waals surface area contributed by atoms with Gasteiger partial charge in [-0.3, -0.25) is 4.79 Å². The van der Waals surface area contributed by atoms with E-state index in [2.05, 4.69) is 13.8 Å². The Morgan fingerprint density at radius 2 is 1.94 bits per heavy atom. The van der Waals surface area contributed by atoms with Gasteiger partial charge in [0.15, 0.2) is 5.78 Å². The van der Waals surface area contributed by atoms with Gasteiger partial charge >= 0.3 is 0 Å². The molecule has 0 aliphatic heterocycles. The third-order valence-corrected chi connectivity index (χ3v) is 4.47. The summed E-state index contributed by atoms with van der Waals surface area (Å²) in [6.45, 7) is 8.06. The first-order valence-corrected chi connectivity index (χ1v) is 5.92. The fourth-order valence-electron chi connectivity index (χ4n) is 3.07. The lowest BCUT2D eigenvalue weighted by molar-refractivity contribution is -0.130. The molecule has 0 radical (unpaired) electrons. The van der Waals surface area contributed by atoms with Crippen molar-refractivity contribution in [2.45, 2.75) is 46.6 Å². The van der Waals surface area contributed by atoms with E-state index >= 15 is 0 Å². The first-order valence-electron chi connectivity index (χ1n) is 5.92. The van der Waals surface area contributed by atoms with Crippen molar-refractivity contribution < 1.29 is 9.90 Å². The van der Waals surface area contributed by atoms with E-state index < -0.39 is 6.10 Å². The maximum Gasteiger partial charge on any atom is 0.162 e. The number of rotatable bonds is 0. The number of aliphatic hydroxyl groups excluding tert-OH is 1. The molecule has 2 aliphatic rings. The molecule has 88 valence electrons. The summed E-state index contributed by atoms with van der Waals surface area (Å²) in [7, 11) is 0. The van der Waals surface area contributed by atoms with Gasteiger partial charge in [0.25, 0.3) is 0 Å². The van der Waals surface area contributed by atoms with Crippen LogP contribution < -0.4 is 0 Å². The molecule has 0 fully saturated rings. The van der Waals surface area contributed by atoms with Crippen molar-refractivity contribution in [3.05, 3.63) is 22.8 Å². The Bertz CT molecular complexity index is 403. The maximum absolute atomic E-state index is 12.1.